The van der Waals surface area contributed by atoms with Crippen molar-refractivity contribution in [3.8, 4) is 22.7 Å². The van der Waals surface area contributed by atoms with Crippen LogP contribution in [0.15, 0.2) is 34.9 Å². The molecule has 1 aliphatic rings. The van der Waals surface area contributed by atoms with E-state index in [2.05, 4.69) is 31.9 Å². The Morgan fingerprint density at radius 2 is 2.11 bits per heavy atom. The van der Waals surface area contributed by atoms with Crippen LogP contribution in [0.4, 0.5) is 16.0 Å². The molecule has 0 saturated heterocycles. The van der Waals surface area contributed by atoms with Crippen LogP contribution >= 0.6 is 11.9 Å². The number of hydrogen-bond donors (Lipinski definition) is 2. The van der Waals surface area contributed by atoms with Crippen molar-refractivity contribution in [1.29, 1.82) is 0 Å². The molecule has 0 unspecified atom stereocenters. The highest BCUT2D eigenvalue weighted by Gasteiger charge is 2.32. The Labute approximate surface area is 167 Å². The van der Waals surface area contributed by atoms with Crippen LogP contribution in [-0.2, 0) is 0 Å². The highest BCUT2D eigenvalue weighted by atomic mass is 32.2. The lowest BCUT2D eigenvalue weighted by Crippen LogP contribution is -1.98. The Bertz CT molecular complexity index is 973. The summed E-state index contributed by atoms with van der Waals surface area (Å²) in [5.74, 6) is 2.46. The van der Waals surface area contributed by atoms with Crippen LogP contribution in [0.1, 0.15) is 38.0 Å². The van der Waals surface area contributed by atoms with Crippen LogP contribution in [0, 0.1) is 5.82 Å². The van der Waals surface area contributed by atoms with Crippen LogP contribution in [0.2, 0.25) is 0 Å². The molecule has 0 amide bonds. The van der Waals surface area contributed by atoms with Gasteiger partial charge in [-0.2, -0.15) is 0 Å². The number of rotatable bonds is 8. The number of nitrogens with one attached hydrogen (secondary N) is 2. The lowest BCUT2D eigenvalue weighted by atomic mass is 10.1. The molecule has 0 bridgehead atoms. The second kappa shape index (κ2) is 8.18. The summed E-state index contributed by atoms with van der Waals surface area (Å²) in [6.45, 7) is 2.09. The van der Waals surface area contributed by atoms with Crippen LogP contribution in [-0.4, -0.2) is 27.8 Å². The highest BCUT2D eigenvalue weighted by molar-refractivity contribution is 8.00. The molecule has 0 atom stereocenters. The van der Waals surface area contributed by atoms with Gasteiger partial charge in [0.25, 0.3) is 0 Å². The third kappa shape index (κ3) is 3.82. The number of nitrogens with zero attached hydrogens (tertiary/aromatic N) is 3. The van der Waals surface area contributed by atoms with Crippen molar-refractivity contribution in [3.63, 3.8) is 0 Å². The molecule has 2 heterocycles. The molecule has 1 fully saturated rings. The minimum atomic E-state index is -0.342. The van der Waals surface area contributed by atoms with Gasteiger partial charge in [-0.15, -0.1) is 0 Å². The molecule has 1 aromatic carbocycles. The van der Waals surface area contributed by atoms with E-state index in [1.54, 1.807) is 31.4 Å². The molecule has 1 saturated carbocycles. The van der Waals surface area contributed by atoms with Gasteiger partial charge in [-0.05, 0) is 37.5 Å². The first-order valence-corrected chi connectivity index (χ1v) is 10.4. The summed E-state index contributed by atoms with van der Waals surface area (Å²) in [6, 6.07) is 7.02. The zero-order chi connectivity index (χ0) is 19.5. The molecule has 28 heavy (non-hydrogen) atoms. The first kappa shape index (κ1) is 18.7. The molecular formula is C20H22FN5OS. The van der Waals surface area contributed by atoms with Gasteiger partial charge in [0, 0.05) is 30.5 Å². The fraction of sp³-hybridized carbons (Fsp3) is 0.350. The summed E-state index contributed by atoms with van der Waals surface area (Å²) in [6.07, 6.45) is 4.75. The Hall–Kier alpha value is -2.61. The lowest BCUT2D eigenvalue weighted by molar-refractivity contribution is 0.508. The van der Waals surface area contributed by atoms with Gasteiger partial charge in [0.1, 0.15) is 11.4 Å². The van der Waals surface area contributed by atoms with Gasteiger partial charge in [0.05, 0.1) is 5.69 Å². The van der Waals surface area contributed by atoms with E-state index in [4.69, 9.17) is 4.42 Å². The number of hydrogen-bond acceptors (Lipinski definition) is 7. The van der Waals surface area contributed by atoms with Crippen molar-refractivity contribution in [1.82, 2.24) is 15.0 Å². The van der Waals surface area contributed by atoms with E-state index in [9.17, 15) is 0 Å². The third-order valence-corrected chi connectivity index (χ3v) is 5.40. The number of benzene rings is 1. The standard InChI is InChI=1S/C20H22FN5OS/c1-3-11-28-26-14-6-4-5-13(16(14)21)17-18(27-19(25-17)12-7-8-12)15-9-10-23-20(22-2)24-15/h4-6,9-10,12,26H,3,7-8,11H2,1-2H3,(H,22,23,24). The molecule has 3 aromatic rings. The molecule has 146 valence electrons. The van der Waals surface area contributed by atoms with E-state index in [-0.39, 0.29) is 5.82 Å². The van der Waals surface area contributed by atoms with Crippen molar-refractivity contribution in [2.45, 2.75) is 32.1 Å². The Morgan fingerprint density at radius 3 is 2.86 bits per heavy atom. The minimum Gasteiger partial charge on any atom is -0.438 e. The van der Waals surface area contributed by atoms with Gasteiger partial charge in [0.15, 0.2) is 17.5 Å². The number of oxazole rings is 1. The molecule has 0 spiro atoms. The summed E-state index contributed by atoms with van der Waals surface area (Å²) in [5, 5.41) is 2.92. The predicted molar refractivity (Wildman–Crippen MR) is 111 cm³/mol. The maximum absolute atomic E-state index is 15.3. The van der Waals surface area contributed by atoms with Gasteiger partial charge in [0.2, 0.25) is 5.95 Å². The van der Waals surface area contributed by atoms with Gasteiger partial charge in [-0.1, -0.05) is 24.9 Å². The van der Waals surface area contributed by atoms with Crippen molar-refractivity contribution in [2.75, 3.05) is 22.8 Å². The smallest absolute Gasteiger partial charge is 0.223 e. The molecule has 4 rings (SSSR count). The van der Waals surface area contributed by atoms with Crippen molar-refractivity contribution in [3.05, 3.63) is 42.2 Å². The van der Waals surface area contributed by atoms with Crippen molar-refractivity contribution in [2.24, 2.45) is 0 Å². The summed E-state index contributed by atoms with van der Waals surface area (Å²) in [4.78, 5) is 13.2. The van der Waals surface area contributed by atoms with E-state index in [1.807, 2.05) is 6.07 Å². The molecule has 2 N–H and O–H groups in total. The van der Waals surface area contributed by atoms with Crippen LogP contribution in [0.25, 0.3) is 22.7 Å². The zero-order valence-corrected chi connectivity index (χ0v) is 16.6. The molecule has 2 aromatic heterocycles. The van der Waals surface area contributed by atoms with E-state index in [1.165, 1.54) is 11.9 Å². The van der Waals surface area contributed by atoms with Gasteiger partial charge >= 0.3 is 0 Å². The SMILES string of the molecule is CCCSNc1cccc(-c2nc(C3CC3)oc2-c2ccnc(NC)n2)c1F. The third-order valence-electron chi connectivity index (χ3n) is 4.42. The number of halogens is 1. The first-order chi connectivity index (χ1) is 13.7. The van der Waals surface area contributed by atoms with Gasteiger partial charge in [-0.25, -0.2) is 19.3 Å². The second-order valence-corrected chi connectivity index (χ2v) is 7.54. The summed E-state index contributed by atoms with van der Waals surface area (Å²) in [5.41, 5.74) is 1.89. The minimum absolute atomic E-state index is 0.308. The maximum atomic E-state index is 15.3. The van der Waals surface area contributed by atoms with Gasteiger partial charge < -0.3 is 14.5 Å². The van der Waals surface area contributed by atoms with Gasteiger partial charge in [-0.3, -0.25) is 0 Å². The van der Waals surface area contributed by atoms with Crippen LogP contribution < -0.4 is 10.0 Å². The van der Waals surface area contributed by atoms with E-state index in [0.29, 0.717) is 46.2 Å². The molecular weight excluding hydrogens is 377 g/mol. The Kier molecular flexibility index (Phi) is 5.47. The number of anilines is 2. The Balaban J connectivity index is 1.78. The molecule has 1 aliphatic carbocycles. The van der Waals surface area contributed by atoms with Crippen molar-refractivity contribution >= 4 is 23.6 Å². The summed E-state index contributed by atoms with van der Waals surface area (Å²) >= 11 is 1.49. The molecule has 8 heteroatoms. The fourth-order valence-electron chi connectivity index (χ4n) is 2.83. The topological polar surface area (TPSA) is 75.9 Å². The normalized spacial score (nSPS) is 13.5. The molecule has 6 nitrogen and oxygen atoms in total. The van der Waals surface area contributed by atoms with Crippen molar-refractivity contribution < 1.29 is 8.81 Å². The van der Waals surface area contributed by atoms with Crippen LogP contribution in [0.5, 0.6) is 0 Å². The van der Waals surface area contributed by atoms with Crippen LogP contribution in [0.3, 0.4) is 0 Å². The second-order valence-electron chi connectivity index (χ2n) is 6.64. The first-order valence-electron chi connectivity index (χ1n) is 9.39. The van der Waals surface area contributed by atoms with E-state index >= 15 is 4.39 Å². The highest BCUT2D eigenvalue weighted by Crippen LogP contribution is 2.44. The number of aromatic nitrogens is 3. The van der Waals surface area contributed by atoms with E-state index < -0.39 is 0 Å². The molecule has 0 radical (unpaired) electrons. The average molecular weight is 399 g/mol. The summed E-state index contributed by atoms with van der Waals surface area (Å²) < 4.78 is 24.4. The van der Waals surface area contributed by atoms with E-state index in [0.717, 1.165) is 25.0 Å². The largest absolute Gasteiger partial charge is 0.438 e. The quantitative estimate of drug-likeness (QED) is 0.392. The summed E-state index contributed by atoms with van der Waals surface area (Å²) in [7, 11) is 1.75. The monoisotopic (exact) mass is 399 g/mol. The maximum Gasteiger partial charge on any atom is 0.223 e. The Morgan fingerprint density at radius 1 is 1.25 bits per heavy atom. The lowest BCUT2D eigenvalue weighted by Gasteiger charge is -2.09. The predicted octanol–water partition coefficient (Wildman–Crippen LogP) is 5.33. The zero-order valence-electron chi connectivity index (χ0n) is 15.8. The fourth-order valence-corrected chi connectivity index (χ4v) is 3.45. The molecule has 0 aliphatic heterocycles. The average Bonchev–Trinajstić information content (AvgIpc) is 3.48.